The number of nitrogens with one attached hydrogen (secondary N) is 2. The fraction of sp³-hybridized carbons (Fsp3) is 0.125. The van der Waals surface area contributed by atoms with E-state index in [1.807, 2.05) is 36.4 Å². The number of benzene rings is 3. The molecule has 32 heavy (non-hydrogen) atoms. The first-order valence-electron chi connectivity index (χ1n) is 9.93. The van der Waals surface area contributed by atoms with Crippen molar-refractivity contribution in [2.75, 3.05) is 11.8 Å². The zero-order chi connectivity index (χ0) is 22.6. The summed E-state index contributed by atoms with van der Waals surface area (Å²) in [4.78, 5) is 12.5. The van der Waals surface area contributed by atoms with E-state index < -0.39 is 10.0 Å². The van der Waals surface area contributed by atoms with Gasteiger partial charge in [-0.3, -0.25) is 9.52 Å². The summed E-state index contributed by atoms with van der Waals surface area (Å²) >= 11 is 1.16. The Bertz CT molecular complexity index is 1330. The van der Waals surface area contributed by atoms with Crippen LogP contribution in [0.1, 0.15) is 11.1 Å². The lowest BCUT2D eigenvalue weighted by atomic mass is 10.0. The predicted molar refractivity (Wildman–Crippen MR) is 128 cm³/mol. The number of hydrogen-bond donors (Lipinski definition) is 2. The maximum absolute atomic E-state index is 12.5. The lowest BCUT2D eigenvalue weighted by Gasteiger charge is -2.13. The van der Waals surface area contributed by atoms with Gasteiger partial charge in [0.25, 0.3) is 10.0 Å². The number of rotatable bonds is 8. The molecule has 1 aromatic heterocycles. The van der Waals surface area contributed by atoms with Crippen molar-refractivity contribution in [2.45, 2.75) is 17.2 Å². The molecule has 0 aliphatic rings. The number of carbonyl (C=O) groups excluding carboxylic acids is 1. The van der Waals surface area contributed by atoms with E-state index in [1.165, 1.54) is 0 Å². The summed E-state index contributed by atoms with van der Waals surface area (Å²) in [5.74, 6) is 0.596. The number of amides is 1. The van der Waals surface area contributed by atoms with Gasteiger partial charge in [0.15, 0.2) is 0 Å². The summed E-state index contributed by atoms with van der Waals surface area (Å²) in [6.45, 7) is 0.349. The largest absolute Gasteiger partial charge is 0.496 e. The minimum atomic E-state index is -3.59. The molecule has 1 amide bonds. The standard InChI is InChI=1S/C24H22N2O4S2/c1-30-22-13-10-18-5-2-3-6-20(18)21(22)16-25-23(27)15-17-8-11-19(12-9-17)26-32(28,29)24-7-4-14-31-24/h2-14,26H,15-16H2,1H3,(H,25,27). The Morgan fingerprint density at radius 3 is 2.47 bits per heavy atom. The third-order valence-corrected chi connectivity index (χ3v) is 7.79. The Morgan fingerprint density at radius 1 is 0.969 bits per heavy atom. The third-order valence-electron chi connectivity index (χ3n) is 5.01. The van der Waals surface area contributed by atoms with Crippen LogP contribution >= 0.6 is 11.3 Å². The maximum Gasteiger partial charge on any atom is 0.271 e. The number of anilines is 1. The fourth-order valence-electron chi connectivity index (χ4n) is 3.44. The molecule has 4 aromatic rings. The monoisotopic (exact) mass is 466 g/mol. The zero-order valence-corrected chi connectivity index (χ0v) is 19.0. The zero-order valence-electron chi connectivity index (χ0n) is 17.4. The van der Waals surface area contributed by atoms with Gasteiger partial charge in [0.05, 0.1) is 13.5 Å². The molecular weight excluding hydrogens is 444 g/mol. The molecule has 0 bridgehead atoms. The fourth-order valence-corrected chi connectivity index (χ4v) is 5.49. The molecule has 164 valence electrons. The molecule has 0 spiro atoms. The molecule has 0 aliphatic heterocycles. The SMILES string of the molecule is COc1ccc2ccccc2c1CNC(=O)Cc1ccc(NS(=O)(=O)c2cccs2)cc1. The molecule has 6 nitrogen and oxygen atoms in total. The molecule has 3 aromatic carbocycles. The van der Waals surface area contributed by atoms with E-state index in [0.29, 0.717) is 12.2 Å². The Labute approximate surface area is 190 Å². The molecule has 0 fully saturated rings. The van der Waals surface area contributed by atoms with Gasteiger partial charge in [-0.15, -0.1) is 11.3 Å². The van der Waals surface area contributed by atoms with Crippen molar-refractivity contribution in [3.8, 4) is 5.75 Å². The molecule has 2 N–H and O–H groups in total. The van der Waals surface area contributed by atoms with E-state index in [9.17, 15) is 13.2 Å². The highest BCUT2D eigenvalue weighted by molar-refractivity contribution is 7.94. The van der Waals surface area contributed by atoms with Gasteiger partial charge in [-0.1, -0.05) is 48.5 Å². The highest BCUT2D eigenvalue weighted by Crippen LogP contribution is 2.28. The first-order chi connectivity index (χ1) is 15.5. The smallest absolute Gasteiger partial charge is 0.271 e. The van der Waals surface area contributed by atoms with Gasteiger partial charge in [-0.25, -0.2) is 8.42 Å². The van der Waals surface area contributed by atoms with Crippen LogP contribution in [0, 0.1) is 0 Å². The molecule has 0 saturated heterocycles. The molecule has 8 heteroatoms. The van der Waals surface area contributed by atoms with Gasteiger partial charge in [0.2, 0.25) is 5.91 Å². The summed E-state index contributed by atoms with van der Waals surface area (Å²) in [6.07, 6.45) is 0.186. The van der Waals surface area contributed by atoms with Gasteiger partial charge < -0.3 is 10.1 Å². The minimum Gasteiger partial charge on any atom is -0.496 e. The second kappa shape index (κ2) is 9.42. The van der Waals surface area contributed by atoms with Crippen molar-refractivity contribution in [3.05, 3.63) is 89.3 Å². The van der Waals surface area contributed by atoms with Crippen molar-refractivity contribution >= 4 is 43.7 Å². The molecule has 1 heterocycles. The summed E-state index contributed by atoms with van der Waals surface area (Å²) in [7, 11) is -1.98. The van der Waals surface area contributed by atoms with E-state index in [4.69, 9.17) is 4.74 Å². The second-order valence-corrected chi connectivity index (χ2v) is 10.0. The van der Waals surface area contributed by atoms with Crippen molar-refractivity contribution in [2.24, 2.45) is 0 Å². The van der Waals surface area contributed by atoms with Crippen LogP contribution in [0.3, 0.4) is 0 Å². The highest BCUT2D eigenvalue weighted by Gasteiger charge is 2.15. The number of methoxy groups -OCH3 is 1. The Hall–Kier alpha value is -3.36. The molecular formula is C24H22N2O4S2. The van der Waals surface area contributed by atoms with Crippen LogP contribution < -0.4 is 14.8 Å². The first-order valence-corrected chi connectivity index (χ1v) is 12.3. The Balaban J connectivity index is 1.39. The van der Waals surface area contributed by atoms with Crippen LogP contribution in [0.4, 0.5) is 5.69 Å². The minimum absolute atomic E-state index is 0.132. The number of sulfonamides is 1. The van der Waals surface area contributed by atoms with E-state index >= 15 is 0 Å². The summed E-state index contributed by atoms with van der Waals surface area (Å²) < 4.78 is 32.9. The van der Waals surface area contributed by atoms with Gasteiger partial charge >= 0.3 is 0 Å². The van der Waals surface area contributed by atoms with Crippen LogP contribution in [0.2, 0.25) is 0 Å². The van der Waals surface area contributed by atoms with E-state index in [1.54, 1.807) is 48.9 Å². The predicted octanol–water partition coefficient (Wildman–Crippen LogP) is 4.57. The molecule has 0 aliphatic carbocycles. The highest BCUT2D eigenvalue weighted by atomic mass is 32.2. The maximum atomic E-state index is 12.5. The van der Waals surface area contributed by atoms with Gasteiger partial charge in [0.1, 0.15) is 9.96 Å². The lowest BCUT2D eigenvalue weighted by molar-refractivity contribution is -0.120. The quantitative estimate of drug-likeness (QED) is 0.398. The lowest BCUT2D eigenvalue weighted by Crippen LogP contribution is -2.25. The molecule has 0 saturated carbocycles. The van der Waals surface area contributed by atoms with Gasteiger partial charge in [0, 0.05) is 17.8 Å². The summed E-state index contributed by atoms with van der Waals surface area (Å²) in [6, 6.07) is 21.9. The van der Waals surface area contributed by atoms with Crippen molar-refractivity contribution < 1.29 is 17.9 Å². The molecule has 4 rings (SSSR count). The summed E-state index contributed by atoms with van der Waals surface area (Å²) in [5, 5.41) is 6.79. The first kappa shape index (κ1) is 21.9. The summed E-state index contributed by atoms with van der Waals surface area (Å²) in [5.41, 5.74) is 2.16. The van der Waals surface area contributed by atoms with Crippen LogP contribution in [0.15, 0.2) is 82.4 Å². The van der Waals surface area contributed by atoms with E-state index in [0.717, 1.165) is 39.0 Å². The molecule has 0 unspecified atom stereocenters. The molecule has 0 atom stereocenters. The Morgan fingerprint density at radius 2 is 1.75 bits per heavy atom. The number of thiophene rings is 1. The van der Waals surface area contributed by atoms with E-state index in [2.05, 4.69) is 10.0 Å². The number of fused-ring (bicyclic) bond motifs is 1. The topological polar surface area (TPSA) is 84.5 Å². The van der Waals surface area contributed by atoms with Crippen molar-refractivity contribution in [1.29, 1.82) is 0 Å². The second-order valence-electron chi connectivity index (χ2n) is 7.16. The van der Waals surface area contributed by atoms with Gasteiger partial charge in [-0.2, -0.15) is 0 Å². The number of hydrogen-bond acceptors (Lipinski definition) is 5. The third kappa shape index (κ3) is 4.92. The average molecular weight is 467 g/mol. The van der Waals surface area contributed by atoms with Crippen molar-refractivity contribution in [3.63, 3.8) is 0 Å². The normalized spacial score (nSPS) is 11.3. The van der Waals surface area contributed by atoms with Crippen LogP contribution in [0.5, 0.6) is 5.75 Å². The number of carbonyl (C=O) groups is 1. The molecule has 0 radical (unpaired) electrons. The Kier molecular flexibility index (Phi) is 6.43. The van der Waals surface area contributed by atoms with E-state index in [-0.39, 0.29) is 16.5 Å². The van der Waals surface area contributed by atoms with Gasteiger partial charge in [-0.05, 0) is 46.0 Å². The van der Waals surface area contributed by atoms with Crippen LogP contribution in [-0.2, 0) is 27.8 Å². The van der Waals surface area contributed by atoms with Crippen LogP contribution in [-0.4, -0.2) is 21.4 Å². The average Bonchev–Trinajstić information content (AvgIpc) is 3.35. The van der Waals surface area contributed by atoms with Crippen LogP contribution in [0.25, 0.3) is 10.8 Å². The van der Waals surface area contributed by atoms with Crippen molar-refractivity contribution in [1.82, 2.24) is 5.32 Å². The number of ether oxygens (including phenoxy) is 1.